The summed E-state index contributed by atoms with van der Waals surface area (Å²) < 4.78 is 0. The first kappa shape index (κ1) is 11.9. The first-order valence-corrected chi connectivity index (χ1v) is 6.18. The zero-order valence-corrected chi connectivity index (χ0v) is 11.0. The fourth-order valence-electron chi connectivity index (χ4n) is 1.98. The highest BCUT2D eigenvalue weighted by atomic mass is 35.5. The monoisotopic (exact) mass is 270 g/mol. The molecule has 0 radical (unpaired) electrons. The number of nitrogens with two attached hydrogens (primary N) is 1. The number of pyridine rings is 1. The van der Waals surface area contributed by atoms with Crippen molar-refractivity contribution in [2.24, 2.45) is 0 Å². The van der Waals surface area contributed by atoms with Crippen molar-refractivity contribution in [2.75, 3.05) is 5.73 Å². The van der Waals surface area contributed by atoms with Gasteiger partial charge in [-0.2, -0.15) is 0 Å². The number of nitrogens with zero attached hydrogens (tertiary/aromatic N) is 3. The second-order valence-corrected chi connectivity index (χ2v) is 4.59. The second-order valence-electron chi connectivity index (χ2n) is 4.23. The van der Waals surface area contributed by atoms with Crippen LogP contribution in [0.1, 0.15) is 5.82 Å². The lowest BCUT2D eigenvalue weighted by Gasteiger charge is -2.08. The van der Waals surface area contributed by atoms with Crippen LogP contribution in [-0.2, 0) is 0 Å². The number of hydrogen-bond donors (Lipinski definition) is 1. The van der Waals surface area contributed by atoms with E-state index in [-0.39, 0.29) is 5.15 Å². The number of benzene rings is 1. The van der Waals surface area contributed by atoms with E-state index >= 15 is 0 Å². The molecule has 2 N–H and O–H groups in total. The third kappa shape index (κ3) is 2.11. The van der Waals surface area contributed by atoms with Gasteiger partial charge in [-0.15, -0.1) is 0 Å². The van der Waals surface area contributed by atoms with E-state index in [0.717, 1.165) is 16.5 Å². The summed E-state index contributed by atoms with van der Waals surface area (Å²) in [5.74, 6) is 0.593. The molecule has 1 aromatic carbocycles. The highest BCUT2D eigenvalue weighted by Crippen LogP contribution is 2.30. The van der Waals surface area contributed by atoms with Gasteiger partial charge in [0.15, 0.2) is 5.15 Å². The maximum absolute atomic E-state index is 6.00. The van der Waals surface area contributed by atoms with E-state index in [9.17, 15) is 0 Å². The first-order valence-electron chi connectivity index (χ1n) is 5.80. The zero-order chi connectivity index (χ0) is 13.4. The summed E-state index contributed by atoms with van der Waals surface area (Å²) in [5.41, 5.74) is 8.77. The minimum absolute atomic E-state index is 0.281. The summed E-state index contributed by atoms with van der Waals surface area (Å²) in [6, 6.07) is 9.81. The molecule has 2 aromatic heterocycles. The molecule has 0 aliphatic rings. The first-order chi connectivity index (χ1) is 9.15. The SMILES string of the molecule is Cc1nc(Cl)c(N)c(-c2ccc3cccnc3c2)n1. The minimum Gasteiger partial charge on any atom is -0.394 e. The van der Waals surface area contributed by atoms with Crippen molar-refractivity contribution in [3.05, 3.63) is 47.5 Å². The van der Waals surface area contributed by atoms with Crippen LogP contribution in [0, 0.1) is 6.92 Å². The number of halogens is 1. The Hall–Kier alpha value is -2.20. The van der Waals surface area contributed by atoms with Crippen LogP contribution in [0.3, 0.4) is 0 Å². The Labute approximate surface area is 115 Å². The van der Waals surface area contributed by atoms with Crippen LogP contribution in [0.15, 0.2) is 36.5 Å². The van der Waals surface area contributed by atoms with E-state index in [1.807, 2.05) is 30.3 Å². The maximum atomic E-state index is 6.00. The largest absolute Gasteiger partial charge is 0.394 e. The summed E-state index contributed by atoms with van der Waals surface area (Å²) >= 11 is 6.00. The summed E-state index contributed by atoms with van der Waals surface area (Å²) in [4.78, 5) is 12.7. The fraction of sp³-hybridized carbons (Fsp3) is 0.0714. The molecule has 0 saturated heterocycles. The van der Waals surface area contributed by atoms with E-state index < -0.39 is 0 Å². The van der Waals surface area contributed by atoms with E-state index in [1.54, 1.807) is 13.1 Å². The van der Waals surface area contributed by atoms with Gasteiger partial charge in [0.2, 0.25) is 0 Å². The maximum Gasteiger partial charge on any atom is 0.156 e. The van der Waals surface area contributed by atoms with Gasteiger partial charge in [-0.25, -0.2) is 9.97 Å². The van der Waals surface area contributed by atoms with Crippen molar-refractivity contribution in [1.82, 2.24) is 15.0 Å². The topological polar surface area (TPSA) is 64.7 Å². The molecule has 0 atom stereocenters. The van der Waals surface area contributed by atoms with E-state index in [0.29, 0.717) is 17.2 Å². The van der Waals surface area contributed by atoms with Gasteiger partial charge in [0.25, 0.3) is 0 Å². The summed E-state index contributed by atoms with van der Waals surface area (Å²) in [5, 5.41) is 1.35. The van der Waals surface area contributed by atoms with Crippen LogP contribution >= 0.6 is 11.6 Å². The molecule has 5 heteroatoms. The van der Waals surface area contributed by atoms with Gasteiger partial charge in [-0.1, -0.05) is 29.8 Å². The Kier molecular flexibility index (Phi) is 2.80. The number of fused-ring (bicyclic) bond motifs is 1. The van der Waals surface area contributed by atoms with Gasteiger partial charge in [-0.3, -0.25) is 4.98 Å². The predicted octanol–water partition coefficient (Wildman–Crippen LogP) is 3.24. The molecule has 0 spiro atoms. The lowest BCUT2D eigenvalue weighted by molar-refractivity contribution is 1.06. The number of nitrogen functional groups attached to an aromatic ring is 1. The molecule has 94 valence electrons. The van der Waals surface area contributed by atoms with Crippen LogP contribution in [0.2, 0.25) is 5.15 Å². The Morgan fingerprint density at radius 2 is 2.00 bits per heavy atom. The molecule has 0 bridgehead atoms. The number of rotatable bonds is 1. The van der Waals surface area contributed by atoms with Gasteiger partial charge in [0.1, 0.15) is 5.82 Å². The smallest absolute Gasteiger partial charge is 0.156 e. The normalized spacial score (nSPS) is 10.8. The zero-order valence-electron chi connectivity index (χ0n) is 10.3. The lowest BCUT2D eigenvalue weighted by atomic mass is 10.1. The third-order valence-corrected chi connectivity index (χ3v) is 3.18. The minimum atomic E-state index is 0.281. The quantitative estimate of drug-likeness (QED) is 0.690. The van der Waals surface area contributed by atoms with Crippen LogP contribution in [0.4, 0.5) is 5.69 Å². The Morgan fingerprint density at radius 3 is 2.84 bits per heavy atom. The van der Waals surface area contributed by atoms with Gasteiger partial charge in [0.05, 0.1) is 16.9 Å². The molecule has 4 nitrogen and oxygen atoms in total. The number of aromatic nitrogens is 3. The van der Waals surface area contributed by atoms with Crippen LogP contribution < -0.4 is 5.73 Å². The van der Waals surface area contributed by atoms with Crippen molar-refractivity contribution in [3.63, 3.8) is 0 Å². The van der Waals surface area contributed by atoms with Gasteiger partial charge in [0, 0.05) is 17.1 Å². The molecule has 0 aliphatic heterocycles. The Bertz CT molecular complexity index is 770. The molecule has 2 heterocycles. The van der Waals surface area contributed by atoms with Crippen molar-refractivity contribution in [3.8, 4) is 11.3 Å². The van der Waals surface area contributed by atoms with Crippen molar-refractivity contribution < 1.29 is 0 Å². The standard InChI is InChI=1S/C14H11ClN4/c1-8-18-13(12(16)14(15)19-8)10-5-4-9-3-2-6-17-11(9)7-10/h2-7H,16H2,1H3. The van der Waals surface area contributed by atoms with Crippen molar-refractivity contribution >= 4 is 28.2 Å². The number of anilines is 1. The molecule has 0 amide bonds. The van der Waals surface area contributed by atoms with E-state index in [1.165, 1.54) is 0 Å². The average molecular weight is 271 g/mol. The van der Waals surface area contributed by atoms with Crippen molar-refractivity contribution in [2.45, 2.75) is 6.92 Å². The number of hydrogen-bond acceptors (Lipinski definition) is 4. The molecule has 0 aliphatic carbocycles. The average Bonchev–Trinajstić information content (AvgIpc) is 2.42. The molecule has 3 rings (SSSR count). The molecular formula is C14H11ClN4. The van der Waals surface area contributed by atoms with E-state index in [2.05, 4.69) is 15.0 Å². The van der Waals surface area contributed by atoms with Gasteiger partial charge < -0.3 is 5.73 Å². The molecule has 19 heavy (non-hydrogen) atoms. The van der Waals surface area contributed by atoms with Crippen molar-refractivity contribution in [1.29, 1.82) is 0 Å². The third-order valence-electron chi connectivity index (χ3n) is 2.89. The fourth-order valence-corrected chi connectivity index (χ4v) is 2.19. The molecule has 0 saturated carbocycles. The van der Waals surface area contributed by atoms with Crippen LogP contribution in [0.5, 0.6) is 0 Å². The highest BCUT2D eigenvalue weighted by molar-refractivity contribution is 6.32. The van der Waals surface area contributed by atoms with Crippen LogP contribution in [-0.4, -0.2) is 15.0 Å². The lowest BCUT2D eigenvalue weighted by Crippen LogP contribution is -2.00. The summed E-state index contributed by atoms with van der Waals surface area (Å²) in [6.45, 7) is 1.79. The van der Waals surface area contributed by atoms with Crippen LogP contribution in [0.25, 0.3) is 22.2 Å². The number of aryl methyl sites for hydroxylation is 1. The van der Waals surface area contributed by atoms with E-state index in [4.69, 9.17) is 17.3 Å². The summed E-state index contributed by atoms with van der Waals surface area (Å²) in [6.07, 6.45) is 1.76. The van der Waals surface area contributed by atoms with Gasteiger partial charge >= 0.3 is 0 Å². The highest BCUT2D eigenvalue weighted by Gasteiger charge is 2.11. The molecule has 0 fully saturated rings. The predicted molar refractivity (Wildman–Crippen MR) is 76.9 cm³/mol. The Balaban J connectivity index is 2.24. The molecule has 0 unspecified atom stereocenters. The van der Waals surface area contributed by atoms with Gasteiger partial charge in [-0.05, 0) is 19.1 Å². The second kappa shape index (κ2) is 4.48. The summed E-state index contributed by atoms with van der Waals surface area (Å²) in [7, 11) is 0. The molecular weight excluding hydrogens is 260 g/mol. The Morgan fingerprint density at radius 1 is 1.16 bits per heavy atom. The molecule has 3 aromatic rings.